The average molecular weight is 284 g/mol. The molecule has 0 unspecified atom stereocenters. The van der Waals surface area contributed by atoms with Gasteiger partial charge in [0.05, 0.1) is 17.2 Å². The highest BCUT2D eigenvalue weighted by Gasteiger charge is 2.07. The highest BCUT2D eigenvalue weighted by molar-refractivity contribution is 7.09. The maximum absolute atomic E-state index is 11.8. The van der Waals surface area contributed by atoms with Crippen molar-refractivity contribution in [2.45, 2.75) is 33.2 Å². The van der Waals surface area contributed by atoms with E-state index in [0.717, 1.165) is 23.5 Å². The summed E-state index contributed by atoms with van der Waals surface area (Å²) in [6.07, 6.45) is 2.06. The largest absolute Gasteiger partial charge is 0.291 e. The number of halogens is 1. The zero-order valence-electron chi connectivity index (χ0n) is 10.3. The first-order valence-corrected chi connectivity index (χ1v) is 7.03. The molecule has 0 atom stereocenters. The molecule has 0 bridgehead atoms. The third-order valence-corrected chi connectivity index (χ3v) is 3.70. The number of hydrogen-bond acceptors (Lipinski definition) is 4. The van der Waals surface area contributed by atoms with E-state index < -0.39 is 0 Å². The Bertz CT molecular complexity index is 606. The van der Waals surface area contributed by atoms with Crippen LogP contribution in [0.1, 0.15) is 29.9 Å². The number of aromatic nitrogens is 3. The summed E-state index contributed by atoms with van der Waals surface area (Å²) >= 11 is 7.37. The first-order chi connectivity index (χ1) is 8.60. The van der Waals surface area contributed by atoms with E-state index in [9.17, 15) is 4.79 Å². The number of rotatable bonds is 4. The van der Waals surface area contributed by atoms with E-state index in [2.05, 4.69) is 16.9 Å². The van der Waals surface area contributed by atoms with Gasteiger partial charge in [0.25, 0.3) is 5.56 Å². The average Bonchev–Trinajstić information content (AvgIpc) is 2.72. The quantitative estimate of drug-likeness (QED) is 0.811. The molecular formula is C12H14ClN3OS. The van der Waals surface area contributed by atoms with Crippen molar-refractivity contribution >= 4 is 22.9 Å². The van der Waals surface area contributed by atoms with E-state index in [0.29, 0.717) is 12.4 Å². The molecule has 0 fully saturated rings. The maximum atomic E-state index is 11.8. The predicted molar refractivity (Wildman–Crippen MR) is 73.5 cm³/mol. The van der Waals surface area contributed by atoms with Gasteiger partial charge in [-0.3, -0.25) is 9.36 Å². The summed E-state index contributed by atoms with van der Waals surface area (Å²) in [6, 6.07) is 1.33. The van der Waals surface area contributed by atoms with Crippen LogP contribution in [0.25, 0.3) is 0 Å². The van der Waals surface area contributed by atoms with Gasteiger partial charge in [0.1, 0.15) is 11.0 Å². The molecule has 2 aromatic rings. The molecule has 0 aliphatic heterocycles. The molecule has 18 heavy (non-hydrogen) atoms. The lowest BCUT2D eigenvalue weighted by Crippen LogP contribution is -2.23. The lowest BCUT2D eigenvalue weighted by molar-refractivity contribution is 0.687. The minimum atomic E-state index is -0.141. The molecule has 0 radical (unpaired) electrons. The first-order valence-electron chi connectivity index (χ1n) is 5.77. The van der Waals surface area contributed by atoms with Gasteiger partial charge < -0.3 is 0 Å². The SMILES string of the molecule is CCCc1nc(Cn2c(C)nc(Cl)cc2=O)cs1. The topological polar surface area (TPSA) is 47.8 Å². The Labute approximate surface area is 114 Å². The molecule has 0 aliphatic carbocycles. The number of thiazole rings is 1. The van der Waals surface area contributed by atoms with Crippen LogP contribution in [0.4, 0.5) is 0 Å². The van der Waals surface area contributed by atoms with Crippen LogP contribution < -0.4 is 5.56 Å². The monoisotopic (exact) mass is 283 g/mol. The number of nitrogens with zero attached hydrogens (tertiary/aromatic N) is 3. The molecule has 4 nitrogen and oxygen atoms in total. The molecule has 0 amide bonds. The van der Waals surface area contributed by atoms with E-state index in [1.807, 2.05) is 5.38 Å². The second-order valence-electron chi connectivity index (χ2n) is 4.03. The lowest BCUT2D eigenvalue weighted by atomic mass is 10.3. The Kier molecular flexibility index (Phi) is 4.14. The van der Waals surface area contributed by atoms with E-state index in [1.165, 1.54) is 6.07 Å². The Morgan fingerprint density at radius 3 is 2.89 bits per heavy atom. The van der Waals surface area contributed by atoms with Crippen molar-refractivity contribution in [3.05, 3.63) is 43.5 Å². The van der Waals surface area contributed by atoms with Crippen LogP contribution in [0, 0.1) is 6.92 Å². The van der Waals surface area contributed by atoms with Crippen molar-refractivity contribution in [3.8, 4) is 0 Å². The molecule has 6 heteroatoms. The standard InChI is InChI=1S/C12H14ClN3OS/c1-3-4-11-15-9(7-18-11)6-16-8(2)14-10(13)5-12(16)17/h5,7H,3-4,6H2,1-2H3. The molecule has 0 aliphatic rings. The number of aryl methyl sites for hydroxylation is 2. The van der Waals surface area contributed by atoms with Crippen LogP contribution in [0.3, 0.4) is 0 Å². The van der Waals surface area contributed by atoms with Crippen LogP contribution >= 0.6 is 22.9 Å². The number of hydrogen-bond donors (Lipinski definition) is 0. The summed E-state index contributed by atoms with van der Waals surface area (Å²) < 4.78 is 1.58. The van der Waals surface area contributed by atoms with Crippen LogP contribution in [0.5, 0.6) is 0 Å². The van der Waals surface area contributed by atoms with Crippen molar-refractivity contribution in [3.63, 3.8) is 0 Å². The van der Waals surface area contributed by atoms with E-state index in [1.54, 1.807) is 22.8 Å². The fraction of sp³-hybridized carbons (Fsp3) is 0.417. The second kappa shape index (κ2) is 5.63. The molecular weight excluding hydrogens is 270 g/mol. The molecule has 0 N–H and O–H groups in total. The highest BCUT2D eigenvalue weighted by atomic mass is 35.5. The Hall–Kier alpha value is -1.20. The van der Waals surface area contributed by atoms with Gasteiger partial charge in [0.15, 0.2) is 0 Å². The summed E-state index contributed by atoms with van der Waals surface area (Å²) in [5.41, 5.74) is 0.760. The first kappa shape index (κ1) is 13.2. The Balaban J connectivity index is 2.25. The fourth-order valence-corrected chi connectivity index (χ4v) is 2.80. The molecule has 0 aromatic carbocycles. The summed E-state index contributed by atoms with van der Waals surface area (Å²) in [5.74, 6) is 0.609. The van der Waals surface area contributed by atoms with Crippen LogP contribution in [0.15, 0.2) is 16.2 Å². The Morgan fingerprint density at radius 2 is 2.22 bits per heavy atom. The van der Waals surface area contributed by atoms with Crippen LogP contribution in [0.2, 0.25) is 5.15 Å². The van der Waals surface area contributed by atoms with Gasteiger partial charge in [0.2, 0.25) is 0 Å². The summed E-state index contributed by atoms with van der Waals surface area (Å²) in [4.78, 5) is 20.4. The third kappa shape index (κ3) is 2.97. The second-order valence-corrected chi connectivity index (χ2v) is 5.36. The molecule has 96 valence electrons. The van der Waals surface area contributed by atoms with Gasteiger partial charge in [-0.15, -0.1) is 11.3 Å². The van der Waals surface area contributed by atoms with Crippen molar-refractivity contribution in [1.82, 2.24) is 14.5 Å². The molecule has 0 saturated carbocycles. The highest BCUT2D eigenvalue weighted by Crippen LogP contribution is 2.13. The van der Waals surface area contributed by atoms with Gasteiger partial charge in [0, 0.05) is 11.4 Å². The normalized spacial score (nSPS) is 10.8. The molecule has 2 heterocycles. The van der Waals surface area contributed by atoms with Crippen LogP contribution in [-0.2, 0) is 13.0 Å². The lowest BCUT2D eigenvalue weighted by Gasteiger charge is -2.06. The molecule has 2 rings (SSSR count). The van der Waals surface area contributed by atoms with Crippen molar-refractivity contribution in [2.75, 3.05) is 0 Å². The van der Waals surface area contributed by atoms with E-state index >= 15 is 0 Å². The van der Waals surface area contributed by atoms with Crippen molar-refractivity contribution in [1.29, 1.82) is 0 Å². The molecule has 2 aromatic heterocycles. The van der Waals surface area contributed by atoms with Gasteiger partial charge >= 0.3 is 0 Å². The third-order valence-electron chi connectivity index (χ3n) is 2.55. The summed E-state index contributed by atoms with van der Waals surface area (Å²) in [6.45, 7) is 4.35. The predicted octanol–water partition coefficient (Wildman–Crippen LogP) is 2.66. The smallest absolute Gasteiger partial charge is 0.255 e. The van der Waals surface area contributed by atoms with Gasteiger partial charge in [-0.2, -0.15) is 0 Å². The fourth-order valence-electron chi connectivity index (χ4n) is 1.69. The molecule has 0 saturated heterocycles. The van der Waals surface area contributed by atoms with Crippen molar-refractivity contribution in [2.24, 2.45) is 0 Å². The van der Waals surface area contributed by atoms with E-state index in [4.69, 9.17) is 11.6 Å². The maximum Gasteiger partial charge on any atom is 0.255 e. The van der Waals surface area contributed by atoms with Crippen molar-refractivity contribution < 1.29 is 0 Å². The zero-order chi connectivity index (χ0) is 13.1. The summed E-state index contributed by atoms with van der Waals surface area (Å²) in [7, 11) is 0. The molecule has 0 spiro atoms. The van der Waals surface area contributed by atoms with Crippen LogP contribution in [-0.4, -0.2) is 14.5 Å². The summed E-state index contributed by atoms with van der Waals surface area (Å²) in [5, 5.41) is 3.34. The van der Waals surface area contributed by atoms with E-state index in [-0.39, 0.29) is 10.7 Å². The van der Waals surface area contributed by atoms with Gasteiger partial charge in [-0.1, -0.05) is 18.5 Å². The zero-order valence-corrected chi connectivity index (χ0v) is 11.9. The van der Waals surface area contributed by atoms with Gasteiger partial charge in [-0.25, -0.2) is 9.97 Å². The minimum Gasteiger partial charge on any atom is -0.291 e. The minimum absolute atomic E-state index is 0.141. The van der Waals surface area contributed by atoms with Gasteiger partial charge in [-0.05, 0) is 19.8 Å². The Morgan fingerprint density at radius 1 is 1.44 bits per heavy atom.